The van der Waals surface area contributed by atoms with Crippen LogP contribution in [0.1, 0.15) is 17.3 Å². The summed E-state index contributed by atoms with van der Waals surface area (Å²) in [5.41, 5.74) is 3.33. The number of nitrogens with two attached hydrogens (primary N) is 1. The number of nitrogens with zero attached hydrogens (tertiary/aromatic N) is 2. The van der Waals surface area contributed by atoms with Crippen LogP contribution in [-0.2, 0) is 6.42 Å². The third-order valence-corrected chi connectivity index (χ3v) is 2.60. The third kappa shape index (κ3) is 2.66. The fraction of sp³-hybridized carbons (Fsp3) is 0.167. The molecule has 1 unspecified atom stereocenters. The van der Waals surface area contributed by atoms with Gasteiger partial charge in [0.1, 0.15) is 0 Å². The highest BCUT2D eigenvalue weighted by Gasteiger charge is 2.16. The van der Waals surface area contributed by atoms with Crippen LogP contribution in [0, 0.1) is 11.6 Å². The van der Waals surface area contributed by atoms with E-state index in [0.29, 0.717) is 5.69 Å². The molecule has 0 bridgehead atoms. The van der Waals surface area contributed by atoms with Crippen molar-refractivity contribution >= 4 is 0 Å². The van der Waals surface area contributed by atoms with Gasteiger partial charge in [0.05, 0.1) is 17.9 Å². The molecule has 0 aliphatic heterocycles. The minimum Gasteiger partial charge on any atom is -0.271 e. The molecule has 0 spiro atoms. The van der Waals surface area contributed by atoms with Crippen LogP contribution in [0.5, 0.6) is 0 Å². The maximum atomic E-state index is 13.5. The van der Waals surface area contributed by atoms with E-state index >= 15 is 0 Å². The molecule has 1 aromatic carbocycles. The molecule has 0 aliphatic carbocycles. The van der Waals surface area contributed by atoms with Gasteiger partial charge in [0.2, 0.25) is 0 Å². The monoisotopic (exact) mass is 250 g/mol. The van der Waals surface area contributed by atoms with Gasteiger partial charge in [-0.25, -0.2) is 8.78 Å². The van der Waals surface area contributed by atoms with Gasteiger partial charge in [-0.2, -0.15) is 0 Å². The molecule has 0 saturated heterocycles. The summed E-state index contributed by atoms with van der Waals surface area (Å²) in [6.45, 7) is 0. The quantitative estimate of drug-likeness (QED) is 0.637. The lowest BCUT2D eigenvalue weighted by Crippen LogP contribution is -2.30. The first kappa shape index (κ1) is 12.5. The first-order valence-corrected chi connectivity index (χ1v) is 5.37. The van der Waals surface area contributed by atoms with E-state index in [9.17, 15) is 8.78 Å². The Hall–Kier alpha value is -1.92. The molecule has 18 heavy (non-hydrogen) atoms. The standard InChI is InChI=1S/C12H12F2N4/c13-9-3-1-2-8(12(9)14)6-10(18-15)11-7-16-4-5-17-11/h1-5,7,10,18H,6,15H2. The molecule has 0 fully saturated rings. The first-order valence-electron chi connectivity index (χ1n) is 5.37. The minimum atomic E-state index is -0.873. The summed E-state index contributed by atoms with van der Waals surface area (Å²) in [5.74, 6) is 3.67. The van der Waals surface area contributed by atoms with Crippen molar-refractivity contribution in [3.63, 3.8) is 0 Å². The van der Waals surface area contributed by atoms with Crippen molar-refractivity contribution < 1.29 is 8.78 Å². The lowest BCUT2D eigenvalue weighted by atomic mass is 10.0. The average Bonchev–Trinajstić information content (AvgIpc) is 2.41. The van der Waals surface area contributed by atoms with Gasteiger partial charge in [-0.15, -0.1) is 0 Å². The molecule has 1 atom stereocenters. The van der Waals surface area contributed by atoms with E-state index in [1.54, 1.807) is 0 Å². The highest BCUT2D eigenvalue weighted by molar-refractivity contribution is 5.21. The molecule has 4 nitrogen and oxygen atoms in total. The van der Waals surface area contributed by atoms with E-state index < -0.39 is 17.7 Å². The van der Waals surface area contributed by atoms with Crippen molar-refractivity contribution in [1.29, 1.82) is 0 Å². The van der Waals surface area contributed by atoms with Crippen LogP contribution in [0.25, 0.3) is 0 Å². The normalized spacial score (nSPS) is 12.4. The van der Waals surface area contributed by atoms with Crippen LogP contribution < -0.4 is 11.3 Å². The SMILES string of the molecule is NNC(Cc1cccc(F)c1F)c1cnccn1. The second-order valence-electron chi connectivity index (χ2n) is 3.77. The summed E-state index contributed by atoms with van der Waals surface area (Å²) in [5, 5.41) is 0. The number of benzene rings is 1. The smallest absolute Gasteiger partial charge is 0.162 e. The van der Waals surface area contributed by atoms with Crippen LogP contribution >= 0.6 is 0 Å². The number of rotatable bonds is 4. The van der Waals surface area contributed by atoms with E-state index in [1.807, 2.05) is 0 Å². The largest absolute Gasteiger partial charge is 0.271 e. The number of hydrogen-bond donors (Lipinski definition) is 2. The van der Waals surface area contributed by atoms with Gasteiger partial charge in [0.15, 0.2) is 11.6 Å². The molecular formula is C12H12F2N4. The molecule has 3 N–H and O–H groups in total. The van der Waals surface area contributed by atoms with Crippen LogP contribution in [0.15, 0.2) is 36.8 Å². The Labute approximate surface area is 103 Å². The highest BCUT2D eigenvalue weighted by atomic mass is 19.2. The third-order valence-electron chi connectivity index (χ3n) is 2.60. The van der Waals surface area contributed by atoms with Crippen molar-refractivity contribution in [2.24, 2.45) is 5.84 Å². The zero-order valence-corrected chi connectivity index (χ0v) is 9.48. The van der Waals surface area contributed by atoms with Crippen molar-refractivity contribution in [3.05, 3.63) is 59.7 Å². The van der Waals surface area contributed by atoms with Crippen molar-refractivity contribution in [1.82, 2.24) is 15.4 Å². The highest BCUT2D eigenvalue weighted by Crippen LogP contribution is 2.19. The summed E-state index contributed by atoms with van der Waals surface area (Å²) in [6.07, 6.45) is 4.77. The molecule has 1 heterocycles. The Morgan fingerprint density at radius 1 is 1.28 bits per heavy atom. The zero-order chi connectivity index (χ0) is 13.0. The Bertz CT molecular complexity index is 519. The van der Waals surface area contributed by atoms with Crippen LogP contribution in [-0.4, -0.2) is 9.97 Å². The average molecular weight is 250 g/mol. The van der Waals surface area contributed by atoms with Gasteiger partial charge in [-0.05, 0) is 18.1 Å². The molecular weight excluding hydrogens is 238 g/mol. The van der Waals surface area contributed by atoms with Gasteiger partial charge in [0.25, 0.3) is 0 Å². The van der Waals surface area contributed by atoms with Crippen molar-refractivity contribution in [2.45, 2.75) is 12.5 Å². The maximum absolute atomic E-state index is 13.5. The van der Waals surface area contributed by atoms with E-state index in [4.69, 9.17) is 5.84 Å². The van der Waals surface area contributed by atoms with E-state index in [1.165, 1.54) is 30.7 Å². The molecule has 0 radical (unpaired) electrons. The Morgan fingerprint density at radius 2 is 2.11 bits per heavy atom. The second-order valence-corrected chi connectivity index (χ2v) is 3.77. The number of nitrogens with one attached hydrogen (secondary N) is 1. The topological polar surface area (TPSA) is 63.8 Å². The van der Waals surface area contributed by atoms with Crippen LogP contribution in [0.4, 0.5) is 8.78 Å². The summed E-state index contributed by atoms with van der Waals surface area (Å²) in [6, 6.07) is 3.62. The van der Waals surface area contributed by atoms with E-state index in [2.05, 4.69) is 15.4 Å². The fourth-order valence-electron chi connectivity index (χ4n) is 1.67. The molecule has 0 saturated carbocycles. The lowest BCUT2D eigenvalue weighted by Gasteiger charge is -2.15. The van der Waals surface area contributed by atoms with E-state index in [0.717, 1.165) is 6.07 Å². The van der Waals surface area contributed by atoms with Gasteiger partial charge in [-0.3, -0.25) is 21.2 Å². The number of halogens is 2. The summed E-state index contributed by atoms with van der Waals surface area (Å²) in [4.78, 5) is 7.99. The number of aromatic nitrogens is 2. The van der Waals surface area contributed by atoms with Gasteiger partial charge in [0, 0.05) is 12.4 Å². The molecule has 2 aromatic rings. The van der Waals surface area contributed by atoms with Gasteiger partial charge in [-0.1, -0.05) is 12.1 Å². The van der Waals surface area contributed by atoms with Crippen molar-refractivity contribution in [2.75, 3.05) is 0 Å². The Kier molecular flexibility index (Phi) is 3.91. The van der Waals surface area contributed by atoms with Gasteiger partial charge >= 0.3 is 0 Å². The Balaban J connectivity index is 2.24. The summed E-state index contributed by atoms with van der Waals surface area (Å²) < 4.78 is 26.6. The Morgan fingerprint density at radius 3 is 2.78 bits per heavy atom. The van der Waals surface area contributed by atoms with E-state index in [-0.39, 0.29) is 12.0 Å². The molecule has 0 amide bonds. The molecule has 0 aliphatic rings. The van der Waals surface area contributed by atoms with Gasteiger partial charge < -0.3 is 0 Å². The fourth-order valence-corrected chi connectivity index (χ4v) is 1.67. The second kappa shape index (κ2) is 5.61. The van der Waals surface area contributed by atoms with Crippen molar-refractivity contribution in [3.8, 4) is 0 Å². The minimum absolute atomic E-state index is 0.193. The zero-order valence-electron chi connectivity index (χ0n) is 9.48. The summed E-state index contributed by atoms with van der Waals surface area (Å²) in [7, 11) is 0. The predicted octanol–water partition coefficient (Wildman–Crippen LogP) is 1.50. The summed E-state index contributed by atoms with van der Waals surface area (Å²) >= 11 is 0. The maximum Gasteiger partial charge on any atom is 0.162 e. The number of hydrazine groups is 1. The van der Waals surface area contributed by atoms with Crippen LogP contribution in [0.3, 0.4) is 0 Å². The molecule has 6 heteroatoms. The number of hydrogen-bond acceptors (Lipinski definition) is 4. The molecule has 2 rings (SSSR count). The first-order chi connectivity index (χ1) is 8.72. The van der Waals surface area contributed by atoms with Crippen LogP contribution in [0.2, 0.25) is 0 Å². The molecule has 1 aromatic heterocycles. The molecule has 94 valence electrons. The lowest BCUT2D eigenvalue weighted by molar-refractivity contribution is 0.477. The predicted molar refractivity (Wildman–Crippen MR) is 62.2 cm³/mol.